The number of benzene rings is 1. The number of halogens is 3. The molecule has 0 fully saturated rings. The number of hydrogen-bond donors (Lipinski definition) is 1. The first-order valence-electron chi connectivity index (χ1n) is 6.55. The third kappa shape index (κ3) is 3.14. The Morgan fingerprint density at radius 2 is 2.08 bits per heavy atom. The van der Waals surface area contributed by atoms with E-state index >= 15 is 0 Å². The van der Waals surface area contributed by atoms with Gasteiger partial charge in [0.1, 0.15) is 18.2 Å². The van der Waals surface area contributed by atoms with Crippen molar-refractivity contribution in [1.29, 1.82) is 5.26 Å². The summed E-state index contributed by atoms with van der Waals surface area (Å²) in [5.41, 5.74) is 0.548. The van der Waals surface area contributed by atoms with Crippen LogP contribution in [-0.4, -0.2) is 24.7 Å². The van der Waals surface area contributed by atoms with Gasteiger partial charge in [0.05, 0.1) is 23.6 Å². The lowest BCUT2D eigenvalue weighted by molar-refractivity contribution is 0.0566. The molecule has 0 saturated heterocycles. The minimum Gasteiger partial charge on any atom is -0.321 e. The molecule has 1 aromatic carbocycles. The highest BCUT2D eigenvalue weighted by Gasteiger charge is 2.10. The SMILES string of the molecule is N#Cc1cc(-c2ncnc(Nc3cnn(C(F)F)c3)n2)ccc1F. The van der Waals surface area contributed by atoms with E-state index in [1.807, 2.05) is 0 Å². The van der Waals surface area contributed by atoms with Gasteiger partial charge < -0.3 is 5.32 Å². The normalized spacial score (nSPS) is 10.6. The number of nitrogens with one attached hydrogen (secondary N) is 1. The zero-order valence-electron chi connectivity index (χ0n) is 11.9. The Bertz CT molecular complexity index is 917. The molecule has 7 nitrogen and oxygen atoms in total. The van der Waals surface area contributed by atoms with Gasteiger partial charge in [-0.25, -0.2) is 19.0 Å². The number of hydrogen-bond acceptors (Lipinski definition) is 6. The Hall–Kier alpha value is -3.48. The van der Waals surface area contributed by atoms with Gasteiger partial charge in [-0.3, -0.25) is 0 Å². The maximum atomic E-state index is 13.4. The molecule has 0 atom stereocenters. The van der Waals surface area contributed by atoms with Crippen LogP contribution in [0.2, 0.25) is 0 Å². The molecule has 3 aromatic rings. The Kier molecular flexibility index (Phi) is 4.07. The van der Waals surface area contributed by atoms with Gasteiger partial charge in [-0.2, -0.15) is 24.1 Å². The number of nitriles is 1. The molecule has 0 radical (unpaired) electrons. The first kappa shape index (κ1) is 15.4. The van der Waals surface area contributed by atoms with Crippen molar-refractivity contribution in [2.75, 3.05) is 5.32 Å². The van der Waals surface area contributed by atoms with Crippen LogP contribution >= 0.6 is 0 Å². The smallest absolute Gasteiger partial charge is 0.321 e. The number of anilines is 2. The summed E-state index contributed by atoms with van der Waals surface area (Å²) in [6.45, 7) is -2.75. The van der Waals surface area contributed by atoms with Crippen LogP contribution in [0.4, 0.5) is 24.8 Å². The molecule has 3 rings (SSSR count). The topological polar surface area (TPSA) is 92.3 Å². The molecule has 0 amide bonds. The maximum absolute atomic E-state index is 13.4. The number of nitrogens with zero attached hydrogens (tertiary/aromatic N) is 6. The lowest BCUT2D eigenvalue weighted by Crippen LogP contribution is -2.00. The highest BCUT2D eigenvalue weighted by Crippen LogP contribution is 2.20. The van der Waals surface area contributed by atoms with Crippen molar-refractivity contribution in [1.82, 2.24) is 24.7 Å². The Balaban J connectivity index is 1.87. The third-order valence-electron chi connectivity index (χ3n) is 2.97. The van der Waals surface area contributed by atoms with Crippen molar-refractivity contribution in [2.45, 2.75) is 6.55 Å². The van der Waals surface area contributed by atoms with Gasteiger partial charge in [0.2, 0.25) is 5.95 Å². The third-order valence-corrected chi connectivity index (χ3v) is 2.97. The summed E-state index contributed by atoms with van der Waals surface area (Å²) < 4.78 is 38.8. The maximum Gasteiger partial charge on any atom is 0.333 e. The Morgan fingerprint density at radius 3 is 2.79 bits per heavy atom. The van der Waals surface area contributed by atoms with Gasteiger partial charge in [-0.05, 0) is 18.2 Å². The van der Waals surface area contributed by atoms with Gasteiger partial charge in [-0.15, -0.1) is 0 Å². The van der Waals surface area contributed by atoms with Crippen molar-refractivity contribution >= 4 is 11.6 Å². The summed E-state index contributed by atoms with van der Waals surface area (Å²) in [7, 11) is 0. The van der Waals surface area contributed by atoms with E-state index in [1.165, 1.54) is 24.7 Å². The molecule has 0 spiro atoms. The van der Waals surface area contributed by atoms with Crippen LogP contribution < -0.4 is 5.32 Å². The van der Waals surface area contributed by atoms with Crippen molar-refractivity contribution < 1.29 is 13.2 Å². The molecule has 0 saturated carbocycles. The average Bonchev–Trinajstić information content (AvgIpc) is 3.04. The minimum atomic E-state index is -2.75. The van der Waals surface area contributed by atoms with E-state index in [4.69, 9.17) is 5.26 Å². The molecule has 2 heterocycles. The fourth-order valence-corrected chi connectivity index (χ4v) is 1.88. The summed E-state index contributed by atoms with van der Waals surface area (Å²) in [6, 6.07) is 5.60. The second-order valence-electron chi connectivity index (χ2n) is 4.55. The summed E-state index contributed by atoms with van der Waals surface area (Å²) >= 11 is 0. The number of rotatable bonds is 4. The number of aromatic nitrogens is 5. The Labute approximate surface area is 133 Å². The first-order valence-corrected chi connectivity index (χ1v) is 6.55. The second-order valence-corrected chi connectivity index (χ2v) is 4.55. The minimum absolute atomic E-state index is 0.0941. The van der Waals surface area contributed by atoms with Crippen LogP contribution in [0.5, 0.6) is 0 Å². The molecule has 1 N–H and O–H groups in total. The van der Waals surface area contributed by atoms with E-state index in [0.717, 1.165) is 12.3 Å². The largest absolute Gasteiger partial charge is 0.333 e. The molecular weight excluding hydrogens is 323 g/mol. The Morgan fingerprint density at radius 1 is 1.25 bits per heavy atom. The van der Waals surface area contributed by atoms with Gasteiger partial charge in [-0.1, -0.05) is 0 Å². The summed E-state index contributed by atoms with van der Waals surface area (Å²) in [5, 5.41) is 15.1. The molecule has 2 aromatic heterocycles. The zero-order valence-corrected chi connectivity index (χ0v) is 11.9. The van der Waals surface area contributed by atoms with E-state index in [2.05, 4.69) is 25.4 Å². The summed E-state index contributed by atoms with van der Waals surface area (Å²) in [5.74, 6) is -0.352. The molecule has 0 unspecified atom stereocenters. The molecule has 0 aliphatic rings. The quantitative estimate of drug-likeness (QED) is 0.790. The number of alkyl halides is 2. The van der Waals surface area contributed by atoms with E-state index in [9.17, 15) is 13.2 Å². The first-order chi connectivity index (χ1) is 11.6. The fraction of sp³-hybridized carbons (Fsp3) is 0.0714. The van der Waals surface area contributed by atoms with Crippen molar-refractivity contribution in [3.05, 3.63) is 48.3 Å². The molecule has 0 bridgehead atoms. The molecule has 0 aliphatic carbocycles. The highest BCUT2D eigenvalue weighted by atomic mass is 19.3. The fourth-order valence-electron chi connectivity index (χ4n) is 1.88. The lowest BCUT2D eigenvalue weighted by Gasteiger charge is -2.04. The molecular formula is C14H8F3N7. The van der Waals surface area contributed by atoms with E-state index in [-0.39, 0.29) is 23.0 Å². The van der Waals surface area contributed by atoms with Crippen LogP contribution in [0.25, 0.3) is 11.4 Å². The molecule has 120 valence electrons. The van der Waals surface area contributed by atoms with Crippen LogP contribution in [0.3, 0.4) is 0 Å². The predicted molar refractivity (Wildman–Crippen MR) is 76.7 cm³/mol. The van der Waals surface area contributed by atoms with E-state index in [1.54, 1.807) is 6.07 Å². The second kappa shape index (κ2) is 6.33. The highest BCUT2D eigenvalue weighted by molar-refractivity contribution is 5.60. The molecule has 10 heteroatoms. The van der Waals surface area contributed by atoms with Crippen molar-refractivity contribution in [2.24, 2.45) is 0 Å². The zero-order chi connectivity index (χ0) is 17.1. The average molecular weight is 331 g/mol. The predicted octanol–water partition coefficient (Wildman–Crippen LogP) is 2.88. The van der Waals surface area contributed by atoms with Gasteiger partial charge >= 0.3 is 6.55 Å². The summed E-state index contributed by atoms with van der Waals surface area (Å²) in [6.07, 6.45) is 3.50. The van der Waals surface area contributed by atoms with Crippen LogP contribution in [0.15, 0.2) is 36.9 Å². The lowest BCUT2D eigenvalue weighted by atomic mass is 10.1. The molecule has 0 aliphatic heterocycles. The molecule has 24 heavy (non-hydrogen) atoms. The van der Waals surface area contributed by atoms with Crippen LogP contribution in [0.1, 0.15) is 12.1 Å². The van der Waals surface area contributed by atoms with Gasteiger partial charge in [0, 0.05) is 5.56 Å². The van der Waals surface area contributed by atoms with E-state index in [0.29, 0.717) is 10.2 Å². The van der Waals surface area contributed by atoms with Gasteiger partial charge in [0.25, 0.3) is 0 Å². The standard InChI is InChI=1S/C14H8F3N7/c15-11-2-1-8(3-9(11)4-18)12-19-7-20-14(23-12)22-10-5-21-24(6-10)13(16)17/h1-3,5-7,13H,(H,19,20,22,23). The monoisotopic (exact) mass is 331 g/mol. The van der Waals surface area contributed by atoms with Crippen LogP contribution in [-0.2, 0) is 0 Å². The van der Waals surface area contributed by atoms with Crippen molar-refractivity contribution in [3.63, 3.8) is 0 Å². The summed E-state index contributed by atoms with van der Waals surface area (Å²) in [4.78, 5) is 11.9. The van der Waals surface area contributed by atoms with Crippen molar-refractivity contribution in [3.8, 4) is 17.5 Å². The van der Waals surface area contributed by atoms with Gasteiger partial charge in [0.15, 0.2) is 5.82 Å². The van der Waals surface area contributed by atoms with E-state index < -0.39 is 12.4 Å². The van der Waals surface area contributed by atoms with Crippen LogP contribution in [0, 0.1) is 17.1 Å².